The molecule has 0 atom stereocenters. The number of anilines is 1. The van der Waals surface area contributed by atoms with E-state index in [9.17, 15) is 22.2 Å². The van der Waals surface area contributed by atoms with Crippen molar-refractivity contribution in [1.29, 1.82) is 0 Å². The molecule has 1 N–H and O–H groups in total. The maximum absolute atomic E-state index is 12.7. The zero-order valence-electron chi connectivity index (χ0n) is 15.6. The third-order valence-corrected chi connectivity index (χ3v) is 5.99. The second kappa shape index (κ2) is 8.86. The average Bonchev–Trinajstić information content (AvgIpc) is 2.68. The summed E-state index contributed by atoms with van der Waals surface area (Å²) in [4.78, 5) is 12.5. The number of carbonyl (C=O) groups is 1. The van der Waals surface area contributed by atoms with Crippen LogP contribution in [0.25, 0.3) is 0 Å². The zero-order chi connectivity index (χ0) is 21.0. The van der Waals surface area contributed by atoms with Crippen molar-refractivity contribution in [1.82, 2.24) is 0 Å². The normalized spacial score (nSPS) is 19.4. The highest BCUT2D eigenvalue weighted by Gasteiger charge is 2.30. The molecule has 156 valence electrons. The van der Waals surface area contributed by atoms with Gasteiger partial charge in [-0.05, 0) is 49.2 Å². The number of hydrogen-bond donors (Lipinski definition) is 1. The molecule has 1 fully saturated rings. The van der Waals surface area contributed by atoms with Crippen LogP contribution in [0, 0.1) is 5.92 Å². The van der Waals surface area contributed by atoms with E-state index < -0.39 is 22.5 Å². The lowest BCUT2D eigenvalue weighted by Crippen LogP contribution is -2.29. The smallest absolute Gasteiger partial charge is 0.416 e. The van der Waals surface area contributed by atoms with Gasteiger partial charge >= 0.3 is 6.18 Å². The Kier molecular flexibility index (Phi) is 6.46. The number of carbonyl (C=O) groups excluding carboxylic acids is 1. The van der Waals surface area contributed by atoms with Crippen LogP contribution in [0.4, 0.5) is 18.9 Å². The maximum atomic E-state index is 12.7. The Balaban J connectivity index is 1.73. The summed E-state index contributed by atoms with van der Waals surface area (Å²) in [5.74, 6) is 1.60. The van der Waals surface area contributed by atoms with Gasteiger partial charge in [0.15, 0.2) is 0 Å². The third kappa shape index (κ3) is 5.50. The lowest BCUT2D eigenvalue weighted by molar-refractivity contribution is -0.137. The molecule has 1 saturated heterocycles. The van der Waals surface area contributed by atoms with Crippen molar-refractivity contribution in [3.8, 4) is 17.2 Å². The van der Waals surface area contributed by atoms with Crippen molar-refractivity contribution in [3.63, 3.8) is 0 Å². The molecule has 3 rings (SSSR count). The van der Waals surface area contributed by atoms with Crippen LogP contribution >= 0.6 is 0 Å². The molecule has 1 heterocycles. The summed E-state index contributed by atoms with van der Waals surface area (Å²) in [6.45, 7) is 0. The largest absolute Gasteiger partial charge is 0.495 e. The van der Waals surface area contributed by atoms with Crippen LogP contribution in [0.3, 0.4) is 0 Å². The van der Waals surface area contributed by atoms with Gasteiger partial charge in [-0.15, -0.1) is 0 Å². The van der Waals surface area contributed by atoms with E-state index in [1.807, 2.05) is 0 Å². The lowest BCUT2D eigenvalue weighted by Gasteiger charge is -2.21. The van der Waals surface area contributed by atoms with Gasteiger partial charge in [-0.3, -0.25) is 9.00 Å². The third-order valence-electron chi connectivity index (χ3n) is 4.60. The number of benzene rings is 2. The average molecular weight is 427 g/mol. The number of ether oxygens (including phenoxy) is 2. The lowest BCUT2D eigenvalue weighted by atomic mass is 10.0. The number of halogens is 3. The molecule has 1 aliphatic rings. The summed E-state index contributed by atoms with van der Waals surface area (Å²) in [6.07, 6.45) is -3.30. The van der Waals surface area contributed by atoms with Gasteiger partial charge in [-0.1, -0.05) is 0 Å². The predicted octanol–water partition coefficient (Wildman–Crippen LogP) is 4.60. The number of methoxy groups -OCH3 is 1. The van der Waals surface area contributed by atoms with E-state index in [0.717, 1.165) is 12.1 Å². The fourth-order valence-electron chi connectivity index (χ4n) is 2.99. The molecule has 0 aromatic heterocycles. The van der Waals surface area contributed by atoms with Crippen LogP contribution in [0.1, 0.15) is 18.4 Å². The van der Waals surface area contributed by atoms with E-state index >= 15 is 0 Å². The van der Waals surface area contributed by atoms with Crippen molar-refractivity contribution < 1.29 is 31.6 Å². The minimum atomic E-state index is -4.41. The van der Waals surface area contributed by atoms with Gasteiger partial charge in [0.1, 0.15) is 17.2 Å². The van der Waals surface area contributed by atoms with Crippen LogP contribution in [-0.4, -0.2) is 28.7 Å². The molecule has 2 aromatic carbocycles. The van der Waals surface area contributed by atoms with E-state index in [2.05, 4.69) is 5.32 Å². The Morgan fingerprint density at radius 1 is 1.07 bits per heavy atom. The van der Waals surface area contributed by atoms with E-state index in [0.29, 0.717) is 41.5 Å². The molecule has 9 heteroatoms. The molecule has 0 aliphatic carbocycles. The van der Waals surface area contributed by atoms with Crippen LogP contribution in [0.2, 0.25) is 0 Å². The van der Waals surface area contributed by atoms with Crippen LogP contribution in [0.5, 0.6) is 17.2 Å². The highest BCUT2D eigenvalue weighted by atomic mass is 32.2. The molecule has 2 aromatic rings. The monoisotopic (exact) mass is 427 g/mol. The highest BCUT2D eigenvalue weighted by Crippen LogP contribution is 2.34. The Morgan fingerprint density at radius 2 is 1.69 bits per heavy atom. The number of amides is 1. The molecule has 0 saturated carbocycles. The van der Waals surface area contributed by atoms with Crippen molar-refractivity contribution in [2.75, 3.05) is 23.9 Å². The van der Waals surface area contributed by atoms with E-state index in [4.69, 9.17) is 9.47 Å². The highest BCUT2D eigenvalue weighted by molar-refractivity contribution is 7.85. The summed E-state index contributed by atoms with van der Waals surface area (Å²) < 4.78 is 60.3. The topological polar surface area (TPSA) is 64.6 Å². The first-order chi connectivity index (χ1) is 13.8. The molecule has 1 aliphatic heterocycles. The summed E-state index contributed by atoms with van der Waals surface area (Å²) in [5, 5.41) is 2.81. The molecule has 5 nitrogen and oxygen atoms in total. The van der Waals surface area contributed by atoms with E-state index in [-0.39, 0.29) is 17.6 Å². The molecule has 0 spiro atoms. The number of nitrogens with one attached hydrogen (secondary N) is 1. The van der Waals surface area contributed by atoms with Crippen LogP contribution < -0.4 is 14.8 Å². The second-order valence-electron chi connectivity index (χ2n) is 6.60. The SMILES string of the molecule is COc1ccc(Oc2ccc(C(F)(F)F)cc2)cc1NC(=O)C1CCS(=O)CC1. The van der Waals surface area contributed by atoms with Crippen LogP contribution in [0.15, 0.2) is 42.5 Å². The summed E-state index contributed by atoms with van der Waals surface area (Å²) >= 11 is 0. The van der Waals surface area contributed by atoms with Gasteiger partial charge < -0.3 is 14.8 Å². The van der Waals surface area contributed by atoms with Crippen molar-refractivity contribution in [3.05, 3.63) is 48.0 Å². The van der Waals surface area contributed by atoms with Gasteiger partial charge in [0.2, 0.25) is 5.91 Å². The summed E-state index contributed by atoms with van der Waals surface area (Å²) in [5.41, 5.74) is -0.366. The van der Waals surface area contributed by atoms with Gasteiger partial charge in [-0.2, -0.15) is 13.2 Å². The fraction of sp³-hybridized carbons (Fsp3) is 0.350. The fourth-order valence-corrected chi connectivity index (χ4v) is 4.29. The van der Waals surface area contributed by atoms with E-state index in [1.54, 1.807) is 18.2 Å². The first kappa shape index (κ1) is 21.2. The molecular weight excluding hydrogens is 407 g/mol. The summed E-state index contributed by atoms with van der Waals surface area (Å²) in [6, 6.07) is 9.08. The Bertz CT molecular complexity index is 890. The maximum Gasteiger partial charge on any atom is 0.416 e. The molecule has 0 unspecified atom stereocenters. The Labute approximate surface area is 168 Å². The number of alkyl halides is 3. The standard InChI is InChI=1S/C20H20F3NO4S/c1-27-18-7-6-16(28-15-4-2-14(3-5-15)20(21,22)23)12-17(18)24-19(25)13-8-10-29(26)11-9-13/h2-7,12-13H,8-11H2,1H3,(H,24,25). The predicted molar refractivity (Wildman–Crippen MR) is 104 cm³/mol. The van der Waals surface area contributed by atoms with Gasteiger partial charge in [0.25, 0.3) is 0 Å². The van der Waals surface area contributed by atoms with Crippen molar-refractivity contribution >= 4 is 22.4 Å². The van der Waals surface area contributed by atoms with Crippen molar-refractivity contribution in [2.45, 2.75) is 19.0 Å². The molecule has 0 radical (unpaired) electrons. The molecule has 29 heavy (non-hydrogen) atoms. The molecule has 1 amide bonds. The number of hydrogen-bond acceptors (Lipinski definition) is 4. The van der Waals surface area contributed by atoms with E-state index in [1.165, 1.54) is 19.2 Å². The van der Waals surface area contributed by atoms with Gasteiger partial charge in [0, 0.05) is 34.3 Å². The summed E-state index contributed by atoms with van der Waals surface area (Å²) in [7, 11) is 0.605. The second-order valence-corrected chi connectivity index (χ2v) is 8.29. The number of rotatable bonds is 5. The first-order valence-corrected chi connectivity index (χ1v) is 10.4. The van der Waals surface area contributed by atoms with Gasteiger partial charge in [0.05, 0.1) is 18.4 Å². The van der Waals surface area contributed by atoms with Crippen molar-refractivity contribution in [2.24, 2.45) is 5.92 Å². The van der Waals surface area contributed by atoms with Crippen LogP contribution in [-0.2, 0) is 21.8 Å². The first-order valence-electron chi connectivity index (χ1n) is 8.95. The Morgan fingerprint density at radius 3 is 2.28 bits per heavy atom. The minimum absolute atomic E-state index is 0.188. The zero-order valence-corrected chi connectivity index (χ0v) is 16.4. The Hall–Kier alpha value is -2.55. The van der Waals surface area contributed by atoms with Gasteiger partial charge in [-0.25, -0.2) is 0 Å². The quantitative estimate of drug-likeness (QED) is 0.757. The molecule has 0 bridgehead atoms. The minimum Gasteiger partial charge on any atom is -0.495 e. The molecular formula is C20H20F3NO4S.